The highest BCUT2D eigenvalue weighted by Crippen LogP contribution is 2.50. The lowest BCUT2D eigenvalue weighted by atomic mass is 9.76. The summed E-state index contributed by atoms with van der Waals surface area (Å²) < 4.78 is 0. The standard InChI is InChI=1S/C21H21N3O3/c1-23(2)21(25)18-8-4-7-17-15-5-3-6-16(15)19(22-20(17)18)13-9-11-14(12-10-13)24(26)27/h3-5,7-12,15-16,19,22H,6H2,1-2H3/t15-,16-,19-/m0/s1. The fourth-order valence-electron chi connectivity index (χ4n) is 4.17. The number of allylic oxidation sites excluding steroid dienone is 2. The average molecular weight is 363 g/mol. The van der Waals surface area contributed by atoms with E-state index in [4.69, 9.17) is 0 Å². The number of amides is 1. The number of carbonyl (C=O) groups is 1. The molecule has 1 aliphatic heterocycles. The highest BCUT2D eigenvalue weighted by Gasteiger charge is 2.39. The smallest absolute Gasteiger partial charge is 0.269 e. The first-order valence-electron chi connectivity index (χ1n) is 8.99. The van der Waals surface area contributed by atoms with Crippen molar-refractivity contribution in [2.75, 3.05) is 19.4 Å². The van der Waals surface area contributed by atoms with Crippen LogP contribution >= 0.6 is 0 Å². The molecule has 1 heterocycles. The zero-order valence-corrected chi connectivity index (χ0v) is 15.3. The second-order valence-corrected chi connectivity index (χ2v) is 7.29. The number of nitro benzene ring substituents is 1. The Balaban J connectivity index is 1.78. The Labute approximate surface area is 157 Å². The van der Waals surface area contributed by atoms with E-state index in [1.807, 2.05) is 24.3 Å². The van der Waals surface area contributed by atoms with E-state index >= 15 is 0 Å². The van der Waals surface area contributed by atoms with E-state index < -0.39 is 0 Å². The van der Waals surface area contributed by atoms with Crippen LogP contribution in [0.25, 0.3) is 0 Å². The maximum absolute atomic E-state index is 12.7. The molecule has 0 unspecified atom stereocenters. The summed E-state index contributed by atoms with van der Waals surface area (Å²) in [5.41, 5.74) is 3.74. The van der Waals surface area contributed by atoms with Gasteiger partial charge in [-0.3, -0.25) is 14.9 Å². The topological polar surface area (TPSA) is 75.5 Å². The van der Waals surface area contributed by atoms with Gasteiger partial charge in [0.05, 0.1) is 22.2 Å². The molecule has 0 saturated carbocycles. The number of benzene rings is 2. The SMILES string of the molecule is CN(C)C(=O)c1cccc2c1N[C@@H](c1ccc([N+](=O)[O-])cc1)[C@H]1CC=C[C@H]21. The largest absolute Gasteiger partial charge is 0.377 e. The Kier molecular flexibility index (Phi) is 4.18. The summed E-state index contributed by atoms with van der Waals surface area (Å²) in [7, 11) is 3.49. The zero-order chi connectivity index (χ0) is 19.1. The maximum atomic E-state index is 12.7. The summed E-state index contributed by atoms with van der Waals surface area (Å²) in [5, 5.41) is 14.5. The second-order valence-electron chi connectivity index (χ2n) is 7.29. The number of non-ortho nitro benzene ring substituents is 1. The third-order valence-corrected chi connectivity index (χ3v) is 5.50. The summed E-state index contributed by atoms with van der Waals surface area (Å²) in [6.07, 6.45) is 5.34. The number of hydrogen-bond donors (Lipinski definition) is 1. The molecule has 1 N–H and O–H groups in total. The quantitative estimate of drug-likeness (QED) is 0.506. The Bertz CT molecular complexity index is 934. The van der Waals surface area contributed by atoms with Gasteiger partial charge >= 0.3 is 0 Å². The van der Waals surface area contributed by atoms with E-state index in [1.165, 1.54) is 0 Å². The lowest BCUT2D eigenvalue weighted by molar-refractivity contribution is -0.384. The van der Waals surface area contributed by atoms with Gasteiger partial charge in [-0.1, -0.05) is 36.4 Å². The van der Waals surface area contributed by atoms with E-state index in [2.05, 4.69) is 23.5 Å². The normalized spacial score (nSPS) is 22.5. The second kappa shape index (κ2) is 6.54. The Morgan fingerprint density at radius 2 is 1.93 bits per heavy atom. The molecule has 3 atom stereocenters. The van der Waals surface area contributed by atoms with Gasteiger partial charge in [-0.2, -0.15) is 0 Å². The van der Waals surface area contributed by atoms with Gasteiger partial charge in [-0.15, -0.1) is 0 Å². The molecule has 0 fully saturated rings. The van der Waals surface area contributed by atoms with Crippen LogP contribution in [0.1, 0.15) is 39.9 Å². The van der Waals surface area contributed by atoms with Gasteiger partial charge in [-0.05, 0) is 29.5 Å². The molecule has 2 aliphatic rings. The summed E-state index contributed by atoms with van der Waals surface area (Å²) in [6.45, 7) is 0. The highest BCUT2D eigenvalue weighted by molar-refractivity contribution is 6.00. The molecule has 6 nitrogen and oxygen atoms in total. The molecule has 0 aromatic heterocycles. The summed E-state index contributed by atoms with van der Waals surface area (Å²) in [5.74, 6) is 0.516. The fourth-order valence-corrected chi connectivity index (χ4v) is 4.17. The van der Waals surface area contributed by atoms with Crippen molar-refractivity contribution in [3.05, 3.63) is 81.4 Å². The van der Waals surface area contributed by atoms with Crippen molar-refractivity contribution < 1.29 is 9.72 Å². The van der Waals surface area contributed by atoms with Crippen molar-refractivity contribution in [2.24, 2.45) is 5.92 Å². The van der Waals surface area contributed by atoms with Crippen molar-refractivity contribution >= 4 is 17.3 Å². The number of carbonyl (C=O) groups excluding carboxylic acids is 1. The summed E-state index contributed by atoms with van der Waals surface area (Å²) in [6, 6.07) is 12.6. The minimum absolute atomic E-state index is 0.00517. The van der Waals surface area contributed by atoms with Crippen molar-refractivity contribution in [1.82, 2.24) is 4.90 Å². The van der Waals surface area contributed by atoms with Crippen LogP contribution in [0.3, 0.4) is 0 Å². The Morgan fingerprint density at radius 3 is 2.59 bits per heavy atom. The third kappa shape index (κ3) is 2.87. The Hall–Kier alpha value is -3.15. The van der Waals surface area contributed by atoms with Gasteiger partial charge in [0, 0.05) is 32.1 Å². The molecule has 138 valence electrons. The molecule has 1 aliphatic carbocycles. The van der Waals surface area contributed by atoms with Gasteiger partial charge in [0.1, 0.15) is 0 Å². The summed E-state index contributed by atoms with van der Waals surface area (Å²) in [4.78, 5) is 24.8. The molecule has 1 amide bonds. The van der Waals surface area contributed by atoms with Crippen molar-refractivity contribution in [1.29, 1.82) is 0 Å². The molecule has 4 rings (SSSR count). The van der Waals surface area contributed by atoms with Crippen LogP contribution in [0.5, 0.6) is 0 Å². The lowest BCUT2D eigenvalue weighted by Crippen LogP contribution is -2.31. The maximum Gasteiger partial charge on any atom is 0.269 e. The van der Waals surface area contributed by atoms with Crippen LogP contribution in [-0.4, -0.2) is 29.8 Å². The van der Waals surface area contributed by atoms with Gasteiger partial charge in [0.15, 0.2) is 0 Å². The zero-order valence-electron chi connectivity index (χ0n) is 15.3. The van der Waals surface area contributed by atoms with E-state index in [0.29, 0.717) is 11.5 Å². The van der Waals surface area contributed by atoms with Crippen molar-refractivity contribution in [3.63, 3.8) is 0 Å². The fraction of sp³-hybridized carbons (Fsp3) is 0.286. The van der Waals surface area contributed by atoms with Gasteiger partial charge < -0.3 is 10.2 Å². The van der Waals surface area contributed by atoms with E-state index in [1.54, 1.807) is 31.1 Å². The number of para-hydroxylation sites is 1. The lowest BCUT2D eigenvalue weighted by Gasteiger charge is -2.38. The van der Waals surface area contributed by atoms with Crippen molar-refractivity contribution in [3.8, 4) is 0 Å². The highest BCUT2D eigenvalue weighted by atomic mass is 16.6. The number of nitrogens with one attached hydrogen (secondary N) is 1. The van der Waals surface area contributed by atoms with Gasteiger partial charge in [0.25, 0.3) is 11.6 Å². The van der Waals surface area contributed by atoms with E-state index in [0.717, 1.165) is 23.2 Å². The van der Waals surface area contributed by atoms with Gasteiger partial charge in [0.2, 0.25) is 0 Å². The third-order valence-electron chi connectivity index (χ3n) is 5.50. The monoisotopic (exact) mass is 363 g/mol. The molecule has 0 radical (unpaired) electrons. The van der Waals surface area contributed by atoms with E-state index in [-0.39, 0.29) is 28.5 Å². The average Bonchev–Trinajstić information content (AvgIpc) is 3.16. The first-order chi connectivity index (χ1) is 13.0. The van der Waals surface area contributed by atoms with Gasteiger partial charge in [-0.25, -0.2) is 0 Å². The molecule has 0 spiro atoms. The molecule has 0 bridgehead atoms. The van der Waals surface area contributed by atoms with Crippen LogP contribution in [-0.2, 0) is 0 Å². The van der Waals surface area contributed by atoms with Crippen molar-refractivity contribution in [2.45, 2.75) is 18.4 Å². The number of fused-ring (bicyclic) bond motifs is 3. The minimum atomic E-state index is -0.388. The number of anilines is 1. The van der Waals surface area contributed by atoms with Crippen LogP contribution in [0.15, 0.2) is 54.6 Å². The minimum Gasteiger partial charge on any atom is -0.377 e. The summed E-state index contributed by atoms with van der Waals surface area (Å²) >= 11 is 0. The predicted octanol–water partition coefficient (Wildman–Crippen LogP) is 4.12. The number of nitrogens with zero attached hydrogens (tertiary/aromatic N) is 2. The molecular formula is C21H21N3O3. The Morgan fingerprint density at radius 1 is 1.19 bits per heavy atom. The number of nitro groups is 1. The predicted molar refractivity (Wildman–Crippen MR) is 104 cm³/mol. The first-order valence-corrected chi connectivity index (χ1v) is 8.99. The van der Waals surface area contributed by atoms with E-state index in [9.17, 15) is 14.9 Å². The molecule has 2 aromatic carbocycles. The molecule has 0 saturated heterocycles. The van der Waals surface area contributed by atoms with Crippen LogP contribution in [0.4, 0.5) is 11.4 Å². The van der Waals surface area contributed by atoms with Crippen LogP contribution < -0.4 is 5.32 Å². The molecule has 6 heteroatoms. The molecule has 2 aromatic rings. The number of hydrogen-bond acceptors (Lipinski definition) is 4. The number of rotatable bonds is 3. The molecular weight excluding hydrogens is 342 g/mol. The van der Waals surface area contributed by atoms with Crippen LogP contribution in [0.2, 0.25) is 0 Å². The first kappa shape index (κ1) is 17.3. The molecule has 27 heavy (non-hydrogen) atoms. The van der Waals surface area contributed by atoms with Crippen LogP contribution in [0, 0.1) is 16.0 Å².